The van der Waals surface area contributed by atoms with Crippen molar-refractivity contribution in [1.82, 2.24) is 5.32 Å². The molecule has 0 aromatic carbocycles. The topological polar surface area (TPSA) is 98.1 Å². The van der Waals surface area contributed by atoms with Gasteiger partial charge in [-0.2, -0.15) is 0 Å². The number of rotatable bonds is 7. The van der Waals surface area contributed by atoms with Crippen molar-refractivity contribution in [2.45, 2.75) is 25.3 Å². The van der Waals surface area contributed by atoms with Crippen LogP contribution in [0.1, 0.15) is 19.3 Å². The number of carbonyl (C=O) groups is 1. The van der Waals surface area contributed by atoms with Crippen LogP contribution in [0.15, 0.2) is 5.11 Å². The Bertz CT molecular complexity index is 201. The van der Waals surface area contributed by atoms with Gasteiger partial charge in [0.25, 0.3) is 0 Å². The molecule has 0 aromatic heterocycles. The van der Waals surface area contributed by atoms with Crippen LogP contribution in [0.2, 0.25) is 0 Å². The van der Waals surface area contributed by atoms with Crippen LogP contribution in [-0.4, -0.2) is 30.7 Å². The average molecular weight is 186 g/mol. The smallest absolute Gasteiger partial charge is 0.320 e. The number of carboxylic acids is 1. The molecule has 0 aliphatic heterocycles. The Hall–Kier alpha value is -1.26. The van der Waals surface area contributed by atoms with E-state index >= 15 is 0 Å². The highest BCUT2D eigenvalue weighted by Crippen LogP contribution is 2.01. The highest BCUT2D eigenvalue weighted by atomic mass is 16.4. The number of azide groups is 1. The second kappa shape index (κ2) is 7.39. The lowest BCUT2D eigenvalue weighted by atomic mass is 10.1. The van der Waals surface area contributed by atoms with E-state index in [0.717, 1.165) is 12.8 Å². The normalized spacial score (nSPS) is 11.8. The van der Waals surface area contributed by atoms with Gasteiger partial charge in [-0.05, 0) is 25.4 Å². The monoisotopic (exact) mass is 186 g/mol. The predicted octanol–water partition coefficient (Wildman–Crippen LogP) is 1.14. The van der Waals surface area contributed by atoms with Crippen LogP contribution in [0.4, 0.5) is 0 Å². The number of carboxylic acid groups (broad SMARTS) is 1. The molecule has 0 aromatic rings. The van der Waals surface area contributed by atoms with Crippen molar-refractivity contribution in [3.63, 3.8) is 0 Å². The summed E-state index contributed by atoms with van der Waals surface area (Å²) in [6, 6.07) is -0.494. The zero-order valence-electron chi connectivity index (χ0n) is 7.60. The molecular weight excluding hydrogens is 172 g/mol. The summed E-state index contributed by atoms with van der Waals surface area (Å²) in [7, 11) is 1.62. The average Bonchev–Trinajstić information content (AvgIpc) is 2.10. The van der Waals surface area contributed by atoms with Crippen LogP contribution < -0.4 is 5.32 Å². The van der Waals surface area contributed by atoms with E-state index in [1.807, 2.05) is 0 Å². The number of likely N-dealkylation sites (N-methyl/N-ethyl adjacent to an activating group) is 1. The maximum atomic E-state index is 10.5. The number of nitrogens with zero attached hydrogens (tertiary/aromatic N) is 3. The molecular formula is C7H14N4O2. The van der Waals surface area contributed by atoms with Crippen LogP contribution in [0.5, 0.6) is 0 Å². The number of unbranched alkanes of at least 4 members (excludes halogenated alkanes) is 1. The summed E-state index contributed by atoms with van der Waals surface area (Å²) >= 11 is 0. The first-order valence-electron chi connectivity index (χ1n) is 4.13. The molecule has 0 fully saturated rings. The highest BCUT2D eigenvalue weighted by molar-refractivity contribution is 5.73. The molecule has 74 valence electrons. The van der Waals surface area contributed by atoms with Gasteiger partial charge < -0.3 is 10.4 Å². The van der Waals surface area contributed by atoms with Crippen molar-refractivity contribution in [3.05, 3.63) is 10.4 Å². The van der Waals surface area contributed by atoms with Gasteiger partial charge in [-0.3, -0.25) is 4.79 Å². The van der Waals surface area contributed by atoms with Gasteiger partial charge in [0.2, 0.25) is 0 Å². The summed E-state index contributed by atoms with van der Waals surface area (Å²) in [5.74, 6) is -0.841. The van der Waals surface area contributed by atoms with Crippen LogP contribution in [-0.2, 0) is 4.79 Å². The van der Waals surface area contributed by atoms with Gasteiger partial charge in [0.15, 0.2) is 0 Å². The Kier molecular flexibility index (Phi) is 6.68. The predicted molar refractivity (Wildman–Crippen MR) is 48.3 cm³/mol. The summed E-state index contributed by atoms with van der Waals surface area (Å²) < 4.78 is 0. The molecule has 0 unspecified atom stereocenters. The molecule has 2 N–H and O–H groups in total. The third-order valence-corrected chi connectivity index (χ3v) is 1.71. The Morgan fingerprint density at radius 1 is 1.69 bits per heavy atom. The fraction of sp³-hybridized carbons (Fsp3) is 0.857. The highest BCUT2D eigenvalue weighted by Gasteiger charge is 2.12. The van der Waals surface area contributed by atoms with Gasteiger partial charge in [-0.25, -0.2) is 0 Å². The minimum absolute atomic E-state index is 0.437. The van der Waals surface area contributed by atoms with E-state index in [2.05, 4.69) is 15.3 Å². The molecule has 13 heavy (non-hydrogen) atoms. The minimum atomic E-state index is -0.841. The maximum Gasteiger partial charge on any atom is 0.320 e. The second-order valence-corrected chi connectivity index (χ2v) is 2.63. The minimum Gasteiger partial charge on any atom is -0.480 e. The number of aliphatic carboxylic acids is 1. The second-order valence-electron chi connectivity index (χ2n) is 2.63. The molecule has 1 atom stereocenters. The third-order valence-electron chi connectivity index (χ3n) is 1.71. The molecule has 0 radical (unpaired) electrons. The van der Waals surface area contributed by atoms with Gasteiger partial charge in [-0.15, -0.1) is 0 Å². The largest absolute Gasteiger partial charge is 0.480 e. The van der Waals surface area contributed by atoms with Crippen molar-refractivity contribution in [3.8, 4) is 0 Å². The van der Waals surface area contributed by atoms with Gasteiger partial charge in [-0.1, -0.05) is 11.5 Å². The van der Waals surface area contributed by atoms with Gasteiger partial charge in [0.05, 0.1) is 0 Å². The van der Waals surface area contributed by atoms with Crippen molar-refractivity contribution in [2.24, 2.45) is 5.11 Å². The summed E-state index contributed by atoms with van der Waals surface area (Å²) in [6.45, 7) is 0.437. The first-order chi connectivity index (χ1) is 6.22. The molecule has 0 amide bonds. The Morgan fingerprint density at radius 3 is 2.85 bits per heavy atom. The van der Waals surface area contributed by atoms with E-state index in [1.165, 1.54) is 0 Å². The summed E-state index contributed by atoms with van der Waals surface area (Å²) in [5, 5.41) is 14.7. The lowest BCUT2D eigenvalue weighted by Gasteiger charge is -2.09. The lowest BCUT2D eigenvalue weighted by Crippen LogP contribution is -2.33. The zero-order valence-corrected chi connectivity index (χ0v) is 7.60. The van der Waals surface area contributed by atoms with E-state index in [0.29, 0.717) is 13.0 Å². The van der Waals surface area contributed by atoms with Crippen molar-refractivity contribution in [2.75, 3.05) is 13.6 Å². The molecule has 0 saturated heterocycles. The van der Waals surface area contributed by atoms with E-state index in [9.17, 15) is 4.79 Å². The standard InChI is InChI=1S/C7H14N4O2/c1-9-6(7(12)13)4-2-3-5-10-11-8/h6,9H,2-5H2,1H3,(H,12,13)/t6-/m0/s1. The van der Waals surface area contributed by atoms with Crippen molar-refractivity contribution < 1.29 is 9.90 Å². The third kappa shape index (κ3) is 5.95. The van der Waals surface area contributed by atoms with Crippen LogP contribution in [0, 0.1) is 0 Å². The zero-order chi connectivity index (χ0) is 10.1. The van der Waals surface area contributed by atoms with Crippen molar-refractivity contribution in [1.29, 1.82) is 0 Å². The summed E-state index contributed by atoms with van der Waals surface area (Å²) in [6.07, 6.45) is 2.04. The molecule has 0 rings (SSSR count). The summed E-state index contributed by atoms with van der Waals surface area (Å²) in [4.78, 5) is 13.1. The fourth-order valence-corrected chi connectivity index (χ4v) is 0.967. The molecule has 6 heteroatoms. The first kappa shape index (κ1) is 11.7. The molecule has 0 aliphatic rings. The SMILES string of the molecule is CN[C@@H](CCCCN=[N+]=[N-])C(=O)O. The van der Waals surface area contributed by atoms with Crippen LogP contribution in [0.25, 0.3) is 10.4 Å². The molecule has 0 aliphatic carbocycles. The number of nitrogens with one attached hydrogen (secondary N) is 1. The van der Waals surface area contributed by atoms with E-state index in [1.54, 1.807) is 7.05 Å². The van der Waals surface area contributed by atoms with Crippen molar-refractivity contribution >= 4 is 5.97 Å². The Labute approximate surface area is 76.6 Å². The van der Waals surface area contributed by atoms with E-state index in [4.69, 9.17) is 10.6 Å². The Morgan fingerprint density at radius 2 is 2.38 bits per heavy atom. The van der Waals surface area contributed by atoms with Gasteiger partial charge in [0, 0.05) is 11.5 Å². The quantitative estimate of drug-likeness (QED) is 0.270. The fourth-order valence-electron chi connectivity index (χ4n) is 0.967. The van der Waals surface area contributed by atoms with Gasteiger partial charge in [0.1, 0.15) is 6.04 Å². The maximum absolute atomic E-state index is 10.5. The lowest BCUT2D eigenvalue weighted by molar-refractivity contribution is -0.139. The number of hydrogen-bond acceptors (Lipinski definition) is 3. The van der Waals surface area contributed by atoms with E-state index in [-0.39, 0.29) is 0 Å². The molecule has 0 bridgehead atoms. The molecule has 0 spiro atoms. The van der Waals surface area contributed by atoms with Crippen LogP contribution >= 0.6 is 0 Å². The van der Waals surface area contributed by atoms with Gasteiger partial charge >= 0.3 is 5.97 Å². The van der Waals surface area contributed by atoms with E-state index < -0.39 is 12.0 Å². The Balaban J connectivity index is 3.49. The van der Waals surface area contributed by atoms with Crippen LogP contribution in [0.3, 0.4) is 0 Å². The molecule has 0 saturated carbocycles. The number of hydrogen-bond donors (Lipinski definition) is 2. The molecule has 6 nitrogen and oxygen atoms in total. The summed E-state index contributed by atoms with van der Waals surface area (Å²) in [5.41, 5.74) is 7.96. The molecule has 0 heterocycles. The first-order valence-corrected chi connectivity index (χ1v) is 4.13.